The maximum absolute atomic E-state index is 12.7. The van der Waals surface area contributed by atoms with Gasteiger partial charge in [0.2, 0.25) is 11.8 Å². The summed E-state index contributed by atoms with van der Waals surface area (Å²) in [6.45, 7) is 6.95. The van der Waals surface area contributed by atoms with Crippen LogP contribution in [0.15, 0.2) is 6.20 Å². The molecule has 2 fully saturated rings. The Balaban J connectivity index is 1.73. The third-order valence-corrected chi connectivity index (χ3v) is 5.27. The number of aromatic nitrogens is 2. The molecular weight excluding hydrogens is 330 g/mol. The van der Waals surface area contributed by atoms with Crippen LogP contribution in [-0.2, 0) is 16.1 Å². The fourth-order valence-electron chi connectivity index (χ4n) is 3.90. The summed E-state index contributed by atoms with van der Waals surface area (Å²) in [6, 6.07) is 0.120. The number of rotatable bonds is 5. The van der Waals surface area contributed by atoms with Crippen molar-refractivity contribution in [1.82, 2.24) is 25.1 Å². The Morgan fingerprint density at radius 2 is 1.96 bits per heavy atom. The molecule has 142 valence electrons. The van der Waals surface area contributed by atoms with Gasteiger partial charge in [0, 0.05) is 38.3 Å². The van der Waals surface area contributed by atoms with Crippen molar-refractivity contribution in [3.63, 3.8) is 0 Å². The Bertz CT molecular complexity index is 657. The lowest BCUT2D eigenvalue weighted by molar-refractivity contribution is -0.133. The molecule has 7 nitrogen and oxygen atoms in total. The maximum Gasteiger partial charge on any atom is 0.236 e. The van der Waals surface area contributed by atoms with Gasteiger partial charge in [0.25, 0.3) is 0 Å². The number of piperidine rings is 1. The highest BCUT2D eigenvalue weighted by Gasteiger charge is 2.32. The molecule has 1 aromatic rings. The van der Waals surface area contributed by atoms with Crippen molar-refractivity contribution in [2.24, 2.45) is 0 Å². The predicted octanol–water partition coefficient (Wildman–Crippen LogP) is 1.57. The second-order valence-electron chi connectivity index (χ2n) is 7.31. The van der Waals surface area contributed by atoms with Gasteiger partial charge in [0.05, 0.1) is 18.3 Å². The van der Waals surface area contributed by atoms with Crippen LogP contribution >= 0.6 is 0 Å². The van der Waals surface area contributed by atoms with E-state index in [0.29, 0.717) is 13.1 Å². The maximum atomic E-state index is 12.7. The van der Waals surface area contributed by atoms with Crippen molar-refractivity contribution in [3.05, 3.63) is 23.3 Å². The number of hydrogen-bond donors (Lipinski definition) is 1. The van der Waals surface area contributed by atoms with Crippen molar-refractivity contribution in [1.29, 1.82) is 0 Å². The summed E-state index contributed by atoms with van der Waals surface area (Å²) in [5.74, 6) is 0.881. The zero-order valence-electron chi connectivity index (χ0n) is 15.8. The average molecular weight is 359 g/mol. The smallest absolute Gasteiger partial charge is 0.236 e. The molecule has 7 heteroatoms. The molecule has 0 bridgehead atoms. The predicted molar refractivity (Wildman–Crippen MR) is 98.3 cm³/mol. The third kappa shape index (κ3) is 4.58. The highest BCUT2D eigenvalue weighted by Crippen LogP contribution is 2.32. The minimum atomic E-state index is -0.0694. The summed E-state index contributed by atoms with van der Waals surface area (Å²) in [4.78, 5) is 37.2. The van der Waals surface area contributed by atoms with Crippen molar-refractivity contribution < 1.29 is 9.59 Å². The molecule has 3 heterocycles. The van der Waals surface area contributed by atoms with Gasteiger partial charge in [-0.15, -0.1) is 0 Å². The number of nitrogens with zero attached hydrogens (tertiary/aromatic N) is 4. The Labute approximate surface area is 155 Å². The number of carbonyl (C=O) groups is 2. The number of carbonyl (C=O) groups excluding carboxylic acids is 2. The molecule has 0 unspecified atom stereocenters. The molecule has 26 heavy (non-hydrogen) atoms. The number of likely N-dealkylation sites (tertiary alicyclic amines) is 2. The molecule has 2 aliphatic heterocycles. The lowest BCUT2D eigenvalue weighted by atomic mass is 10.1. The summed E-state index contributed by atoms with van der Waals surface area (Å²) < 4.78 is 0. The zero-order chi connectivity index (χ0) is 18.5. The molecule has 2 amide bonds. The third-order valence-electron chi connectivity index (χ3n) is 5.27. The van der Waals surface area contributed by atoms with E-state index in [9.17, 15) is 9.59 Å². The molecule has 2 aliphatic rings. The van der Waals surface area contributed by atoms with Gasteiger partial charge < -0.3 is 10.2 Å². The van der Waals surface area contributed by atoms with E-state index in [2.05, 4.69) is 20.2 Å². The van der Waals surface area contributed by atoms with Crippen LogP contribution in [0.5, 0.6) is 0 Å². The van der Waals surface area contributed by atoms with Gasteiger partial charge in [-0.25, -0.2) is 9.97 Å². The van der Waals surface area contributed by atoms with Crippen LogP contribution in [0.3, 0.4) is 0 Å². The molecule has 0 spiro atoms. The number of hydrogen-bond acceptors (Lipinski definition) is 5. The molecule has 2 saturated heterocycles. The van der Waals surface area contributed by atoms with Crippen LogP contribution in [0.4, 0.5) is 0 Å². The lowest BCUT2D eigenvalue weighted by Crippen LogP contribution is -2.42. The minimum absolute atomic E-state index is 0.0694. The topological polar surface area (TPSA) is 78.4 Å². The summed E-state index contributed by atoms with van der Waals surface area (Å²) in [7, 11) is 0. The van der Waals surface area contributed by atoms with E-state index < -0.39 is 0 Å². The molecule has 0 aromatic carbocycles. The minimum Gasteiger partial charge on any atom is -0.352 e. The van der Waals surface area contributed by atoms with Gasteiger partial charge in [0.1, 0.15) is 5.82 Å². The molecule has 1 aromatic heterocycles. The quantitative estimate of drug-likeness (QED) is 0.863. The zero-order valence-corrected chi connectivity index (χ0v) is 15.8. The first-order chi connectivity index (χ1) is 12.5. The van der Waals surface area contributed by atoms with Gasteiger partial charge in [-0.1, -0.05) is 0 Å². The van der Waals surface area contributed by atoms with Crippen molar-refractivity contribution in [2.75, 3.05) is 26.2 Å². The summed E-state index contributed by atoms with van der Waals surface area (Å²) >= 11 is 0. The van der Waals surface area contributed by atoms with Crippen molar-refractivity contribution >= 4 is 11.8 Å². The second-order valence-corrected chi connectivity index (χ2v) is 7.31. The molecule has 0 saturated carbocycles. The monoisotopic (exact) mass is 359 g/mol. The first kappa shape index (κ1) is 18.8. The first-order valence-electron chi connectivity index (χ1n) is 9.63. The highest BCUT2D eigenvalue weighted by atomic mass is 16.2. The fraction of sp³-hybridized carbons (Fsp3) is 0.684. The van der Waals surface area contributed by atoms with Crippen LogP contribution < -0.4 is 5.32 Å². The van der Waals surface area contributed by atoms with Gasteiger partial charge in [-0.3, -0.25) is 14.5 Å². The largest absolute Gasteiger partial charge is 0.352 e. The summed E-state index contributed by atoms with van der Waals surface area (Å²) in [5.41, 5.74) is 1.89. The standard InChI is InChI=1S/C19H29N5O2/c1-14-20-11-16(12-21-15(2)25)19(22-14)17-7-6-10-24(17)13-18(26)23-8-4-3-5-9-23/h11,17H,3-10,12-13H2,1-2H3,(H,21,25)/t17-/m0/s1. The van der Waals surface area contributed by atoms with Gasteiger partial charge in [-0.05, 0) is 45.6 Å². The van der Waals surface area contributed by atoms with Crippen LogP contribution in [0.25, 0.3) is 0 Å². The van der Waals surface area contributed by atoms with Crippen molar-refractivity contribution in [2.45, 2.75) is 58.5 Å². The van der Waals surface area contributed by atoms with E-state index in [-0.39, 0.29) is 17.9 Å². The average Bonchev–Trinajstić information content (AvgIpc) is 3.09. The van der Waals surface area contributed by atoms with Crippen LogP contribution in [0.2, 0.25) is 0 Å². The Morgan fingerprint density at radius 3 is 2.69 bits per heavy atom. The SMILES string of the molecule is CC(=O)NCc1cnc(C)nc1[C@@H]1CCCN1CC(=O)N1CCCCC1. The second kappa shape index (κ2) is 8.58. The Kier molecular flexibility index (Phi) is 6.19. The van der Waals surface area contributed by atoms with Crippen LogP contribution in [-0.4, -0.2) is 57.8 Å². The van der Waals surface area contributed by atoms with Gasteiger partial charge >= 0.3 is 0 Å². The van der Waals surface area contributed by atoms with E-state index in [1.54, 1.807) is 6.20 Å². The van der Waals surface area contributed by atoms with E-state index >= 15 is 0 Å². The van der Waals surface area contributed by atoms with E-state index in [0.717, 1.165) is 62.4 Å². The fourth-order valence-corrected chi connectivity index (χ4v) is 3.90. The van der Waals surface area contributed by atoms with Crippen LogP contribution in [0, 0.1) is 6.92 Å². The molecule has 0 aliphatic carbocycles. The molecule has 1 atom stereocenters. The number of aryl methyl sites for hydroxylation is 1. The number of amides is 2. The first-order valence-corrected chi connectivity index (χ1v) is 9.63. The Hall–Kier alpha value is -2.02. The molecule has 1 N–H and O–H groups in total. The molecule has 0 radical (unpaired) electrons. The van der Waals surface area contributed by atoms with Crippen LogP contribution in [0.1, 0.15) is 62.2 Å². The van der Waals surface area contributed by atoms with Gasteiger partial charge in [0.15, 0.2) is 0 Å². The van der Waals surface area contributed by atoms with E-state index in [4.69, 9.17) is 0 Å². The summed E-state index contributed by atoms with van der Waals surface area (Å²) in [5, 5.41) is 2.84. The van der Waals surface area contributed by atoms with Gasteiger partial charge in [-0.2, -0.15) is 0 Å². The normalized spacial score (nSPS) is 21.0. The molecule has 3 rings (SSSR count). The van der Waals surface area contributed by atoms with E-state index in [1.807, 2.05) is 11.8 Å². The van der Waals surface area contributed by atoms with Crippen molar-refractivity contribution in [3.8, 4) is 0 Å². The number of nitrogens with one attached hydrogen (secondary N) is 1. The van der Waals surface area contributed by atoms with E-state index in [1.165, 1.54) is 13.3 Å². The summed E-state index contributed by atoms with van der Waals surface area (Å²) in [6.07, 6.45) is 7.29. The molecular formula is C19H29N5O2. The highest BCUT2D eigenvalue weighted by molar-refractivity contribution is 5.78. The lowest BCUT2D eigenvalue weighted by Gasteiger charge is -2.31. The Morgan fingerprint density at radius 1 is 1.19 bits per heavy atom.